The van der Waals surface area contributed by atoms with Crippen molar-refractivity contribution in [2.45, 2.75) is 44.3 Å². The Labute approximate surface area is 70.5 Å². The molecule has 1 aliphatic rings. The van der Waals surface area contributed by atoms with Gasteiger partial charge in [-0.25, -0.2) is 0 Å². The van der Waals surface area contributed by atoms with E-state index in [1.54, 1.807) is 0 Å². The Morgan fingerprint density at radius 2 is 2.38 bits per heavy atom. The van der Waals surface area contributed by atoms with E-state index in [0.717, 1.165) is 0 Å². The van der Waals surface area contributed by atoms with Crippen molar-refractivity contribution in [2.75, 3.05) is 0 Å². The van der Waals surface area contributed by atoms with Gasteiger partial charge in [0.2, 0.25) is 1.43 Å². The molecule has 0 heterocycles. The molecule has 0 aromatic carbocycles. The number of rotatable bonds is 1. The zero-order chi connectivity index (χ0) is 18.2. The highest BCUT2D eigenvalue weighted by Gasteiger charge is 2.22. The Morgan fingerprint density at radius 1 is 1.62 bits per heavy atom. The van der Waals surface area contributed by atoms with Crippen LogP contribution in [-0.2, 0) is 0 Å². The summed E-state index contributed by atoms with van der Waals surface area (Å²) in [5.41, 5.74) is -3.88. The van der Waals surface area contributed by atoms with E-state index in [2.05, 4.69) is 5.11 Å². The van der Waals surface area contributed by atoms with Gasteiger partial charge in [-0.15, -0.1) is 0 Å². The van der Waals surface area contributed by atoms with Gasteiger partial charge in [-0.1, -0.05) is 19.1 Å². The monoisotopic (exact) mass is 128 g/mol. The SMILES string of the molecule is [2H]OC1(C([2H])([2H])[2H])C([2H])([2H])C([2H])([2H])C([2H])([2H])C([2H])([2H])C1([2H])[2H]. The first kappa shape index (κ1) is 0.800. The van der Waals surface area contributed by atoms with E-state index in [0.29, 0.717) is 0 Å². The van der Waals surface area contributed by atoms with Crippen LogP contribution < -0.4 is 0 Å². The van der Waals surface area contributed by atoms with Crippen LogP contribution in [-0.4, -0.2) is 12.1 Å². The second-order valence-corrected chi connectivity index (χ2v) is 1.31. The molecular weight excluding hydrogens is 100 g/mol. The van der Waals surface area contributed by atoms with Crippen molar-refractivity contribution in [3.05, 3.63) is 0 Å². The standard InChI is InChI=1S/C7H14O/c1-7(8)5-3-2-4-6-7/h8H,2-6H2,1H3/i1D3,2D2,3D2,4D2,5D2,6D2,8D. The fraction of sp³-hybridized carbons (Fsp3) is 1.00. The highest BCUT2D eigenvalue weighted by atomic mass is 16.3. The molecule has 1 fully saturated rings. The van der Waals surface area contributed by atoms with Crippen molar-refractivity contribution in [1.29, 1.82) is 1.43 Å². The Balaban J connectivity index is 4.01. The topological polar surface area (TPSA) is 20.2 Å². The zero-order valence-electron chi connectivity index (χ0n) is 17.9. The number of hydrogen-bond acceptors (Lipinski definition) is 1. The summed E-state index contributed by atoms with van der Waals surface area (Å²) in [6.45, 7) is -3.79. The summed E-state index contributed by atoms with van der Waals surface area (Å²) in [7, 11) is 0. The van der Waals surface area contributed by atoms with Gasteiger partial charge < -0.3 is 5.11 Å². The molecule has 1 saturated carbocycles. The molecule has 1 heteroatoms. The van der Waals surface area contributed by atoms with Crippen LogP contribution in [0.2, 0.25) is 0 Å². The molecule has 0 unspecified atom stereocenters. The van der Waals surface area contributed by atoms with E-state index < -0.39 is 44.3 Å². The third-order valence-electron chi connectivity index (χ3n) is 0.602. The Bertz CT molecular complexity index is 430. The quantitative estimate of drug-likeness (QED) is 0.570. The van der Waals surface area contributed by atoms with Crippen molar-refractivity contribution in [1.82, 2.24) is 0 Å². The van der Waals surface area contributed by atoms with E-state index in [1.807, 2.05) is 0 Å². The van der Waals surface area contributed by atoms with Gasteiger partial charge in [0.1, 0.15) is 0 Å². The molecule has 0 spiro atoms. The molecule has 0 amide bonds. The Hall–Kier alpha value is -0.0400. The molecule has 0 saturated heterocycles. The van der Waals surface area contributed by atoms with E-state index in [4.69, 9.17) is 19.3 Å². The second-order valence-electron chi connectivity index (χ2n) is 1.31. The largest absolute Gasteiger partial charge is 0.390 e. The Kier molecular flexibility index (Phi) is 0.206. The minimum absolute atomic E-state index is 3.74. The molecule has 1 nitrogen and oxygen atoms in total. The predicted molar refractivity (Wildman–Crippen MR) is 33.7 cm³/mol. The first-order valence-corrected chi connectivity index (χ1v) is 1.95. The Morgan fingerprint density at radius 3 is 2.88 bits per heavy atom. The smallest absolute Gasteiger partial charge is 0.211 e. The van der Waals surface area contributed by atoms with Crippen molar-refractivity contribution in [3.63, 3.8) is 0 Å². The summed E-state index contributed by atoms with van der Waals surface area (Å²) in [5.74, 6) is 0. The van der Waals surface area contributed by atoms with E-state index in [-0.39, 0.29) is 0 Å². The average molecular weight is 128 g/mol. The summed E-state index contributed by atoms with van der Waals surface area (Å²) >= 11 is 0. The average Bonchev–Trinajstić information content (AvgIpc) is 2.25. The van der Waals surface area contributed by atoms with Crippen LogP contribution in [0.5, 0.6) is 0 Å². The van der Waals surface area contributed by atoms with Gasteiger partial charge in [0.15, 0.2) is 0 Å². The fourth-order valence-corrected chi connectivity index (χ4v) is 0.301. The summed E-state index contributed by atoms with van der Waals surface area (Å²) in [5, 5.41) is 3.83. The first-order valence-electron chi connectivity index (χ1n) is 8.86. The van der Waals surface area contributed by atoms with Crippen LogP contribution in [0.4, 0.5) is 0 Å². The lowest BCUT2D eigenvalue weighted by atomic mass is 9.87. The molecular formula is C7H14O. The predicted octanol–water partition coefficient (Wildman–Crippen LogP) is 1.70. The molecule has 1 rings (SSSR count). The highest BCUT2D eigenvalue weighted by molar-refractivity contribution is 4.76. The maximum absolute atomic E-state index is 7.72. The van der Waals surface area contributed by atoms with Crippen molar-refractivity contribution in [3.8, 4) is 0 Å². The molecule has 0 bridgehead atoms. The number of hydrogen-bond donors (Lipinski definition) is 1. The summed E-state index contributed by atoms with van der Waals surface area (Å²) in [4.78, 5) is 0. The van der Waals surface area contributed by atoms with Crippen LogP contribution >= 0.6 is 0 Å². The van der Waals surface area contributed by atoms with Gasteiger partial charge in [-0.05, 0) is 19.6 Å². The summed E-state index contributed by atoms with van der Waals surface area (Å²) < 4.78 is 105. The normalized spacial score (nSPS) is 86.5. The third kappa shape index (κ3) is 1.48. The summed E-state index contributed by atoms with van der Waals surface area (Å²) in [6, 6.07) is 0. The van der Waals surface area contributed by atoms with Crippen molar-refractivity contribution >= 4 is 0 Å². The first-order chi connectivity index (χ1) is 9.31. The lowest BCUT2D eigenvalue weighted by molar-refractivity contribution is 0.0225. The van der Waals surface area contributed by atoms with Gasteiger partial charge in [0.25, 0.3) is 0 Å². The van der Waals surface area contributed by atoms with E-state index >= 15 is 0 Å². The fourth-order valence-electron chi connectivity index (χ4n) is 0.301. The molecule has 0 radical (unpaired) electrons. The maximum atomic E-state index is 7.72. The third-order valence-corrected chi connectivity index (χ3v) is 0.602. The van der Waals surface area contributed by atoms with Gasteiger partial charge in [-0.2, -0.15) is 0 Å². The lowest BCUT2D eigenvalue weighted by Crippen LogP contribution is -2.26. The zero-order valence-corrected chi connectivity index (χ0v) is 3.91. The van der Waals surface area contributed by atoms with Gasteiger partial charge in [-0.3, -0.25) is 0 Å². The molecule has 0 aromatic rings. The minimum Gasteiger partial charge on any atom is -0.390 e. The van der Waals surface area contributed by atoms with Crippen LogP contribution in [0.1, 0.15) is 56.5 Å². The van der Waals surface area contributed by atoms with Crippen LogP contribution in [0, 0.1) is 0 Å². The molecule has 0 aromatic heterocycles. The molecule has 1 N–H and O–H groups in total. The minimum atomic E-state index is -3.88. The highest BCUT2D eigenvalue weighted by Crippen LogP contribution is 2.26. The lowest BCUT2D eigenvalue weighted by Gasteiger charge is -2.27. The second kappa shape index (κ2) is 2.06. The van der Waals surface area contributed by atoms with Crippen LogP contribution in [0.3, 0.4) is 0 Å². The van der Waals surface area contributed by atoms with Gasteiger partial charge >= 0.3 is 0 Å². The van der Waals surface area contributed by atoms with Gasteiger partial charge in [0.05, 0.1) is 5.60 Å². The molecule has 1 aliphatic carbocycles. The van der Waals surface area contributed by atoms with E-state index in [1.165, 1.54) is 0 Å². The van der Waals surface area contributed by atoms with E-state index in [9.17, 15) is 0 Å². The molecule has 0 atom stereocenters. The molecule has 0 aliphatic heterocycles. The molecule has 48 valence electrons. The van der Waals surface area contributed by atoms with Crippen molar-refractivity contribution < 1.29 is 22.9 Å². The molecule has 8 heavy (non-hydrogen) atoms. The van der Waals surface area contributed by atoms with Crippen molar-refractivity contribution in [2.24, 2.45) is 0 Å². The van der Waals surface area contributed by atoms with Crippen LogP contribution in [0.25, 0.3) is 0 Å². The van der Waals surface area contributed by atoms with Gasteiger partial charge in [0, 0.05) is 17.8 Å². The van der Waals surface area contributed by atoms with Crippen LogP contribution in [0.15, 0.2) is 0 Å². The summed E-state index contributed by atoms with van der Waals surface area (Å²) in [6.07, 6.45) is -19.1. The maximum Gasteiger partial charge on any atom is 0.211 e. The number of aliphatic hydroxyl groups is 1.